The Hall–Kier alpha value is -1.11. The first-order valence-electron chi connectivity index (χ1n) is 5.03. The van der Waals surface area contributed by atoms with Crippen molar-refractivity contribution in [2.24, 2.45) is 10.9 Å². The van der Waals surface area contributed by atoms with Crippen molar-refractivity contribution in [1.29, 1.82) is 0 Å². The summed E-state index contributed by atoms with van der Waals surface area (Å²) in [5, 5.41) is 0. The summed E-state index contributed by atoms with van der Waals surface area (Å²) >= 11 is 0. The predicted molar refractivity (Wildman–Crippen MR) is 65.7 cm³/mol. The van der Waals surface area contributed by atoms with Gasteiger partial charge in [-0.15, -0.1) is 0 Å². The highest BCUT2D eigenvalue weighted by Gasteiger charge is 1.99. The summed E-state index contributed by atoms with van der Waals surface area (Å²) in [4.78, 5) is 4.48. The molecule has 78 valence electrons. The van der Waals surface area contributed by atoms with Crippen molar-refractivity contribution in [1.82, 2.24) is 0 Å². The van der Waals surface area contributed by atoms with E-state index < -0.39 is 0 Å². The molecule has 0 atom stereocenters. The Morgan fingerprint density at radius 2 is 1.86 bits per heavy atom. The molecule has 1 nitrogen and oxygen atoms in total. The first-order chi connectivity index (χ1) is 6.52. The zero-order chi connectivity index (χ0) is 11.1. The molecule has 0 heterocycles. The molecule has 0 aliphatic heterocycles. The van der Waals surface area contributed by atoms with E-state index in [4.69, 9.17) is 0 Å². The van der Waals surface area contributed by atoms with Crippen molar-refractivity contribution in [3.05, 3.63) is 35.6 Å². The molecule has 0 aromatic carbocycles. The summed E-state index contributed by atoms with van der Waals surface area (Å²) in [6.45, 7) is 14.1. The third kappa shape index (κ3) is 4.22. The number of hydrogen-bond donors (Lipinski definition) is 0. The van der Waals surface area contributed by atoms with E-state index in [0.717, 1.165) is 11.3 Å². The molecule has 0 spiro atoms. The van der Waals surface area contributed by atoms with Gasteiger partial charge in [-0.05, 0) is 37.8 Å². The minimum absolute atomic E-state index is 0.479. The topological polar surface area (TPSA) is 12.4 Å². The summed E-state index contributed by atoms with van der Waals surface area (Å²) in [7, 11) is 0. The third-order valence-corrected chi connectivity index (χ3v) is 1.99. The molecular weight excluding hydrogens is 170 g/mol. The molecule has 0 aliphatic carbocycles. The van der Waals surface area contributed by atoms with E-state index in [1.165, 1.54) is 5.57 Å². The van der Waals surface area contributed by atoms with Crippen LogP contribution in [-0.4, -0.2) is 6.21 Å². The molecule has 0 amide bonds. The second-order valence-electron chi connectivity index (χ2n) is 3.73. The summed E-state index contributed by atoms with van der Waals surface area (Å²) < 4.78 is 0. The Labute approximate surface area is 87.9 Å². The monoisotopic (exact) mass is 191 g/mol. The van der Waals surface area contributed by atoms with Gasteiger partial charge in [0.1, 0.15) is 0 Å². The highest BCUT2D eigenvalue weighted by Crippen LogP contribution is 2.16. The van der Waals surface area contributed by atoms with Gasteiger partial charge in [-0.1, -0.05) is 32.6 Å². The van der Waals surface area contributed by atoms with Crippen molar-refractivity contribution in [2.75, 3.05) is 0 Å². The molecule has 0 aliphatic rings. The van der Waals surface area contributed by atoms with Gasteiger partial charge >= 0.3 is 0 Å². The number of aliphatic imine (C=N–C) groups is 1. The molecule has 1 heteroatoms. The average molecular weight is 191 g/mol. The van der Waals surface area contributed by atoms with Gasteiger partial charge in [0, 0.05) is 6.21 Å². The molecule has 0 bridgehead atoms. The first kappa shape index (κ1) is 12.9. The number of rotatable bonds is 4. The quantitative estimate of drug-likeness (QED) is 0.468. The van der Waals surface area contributed by atoms with E-state index >= 15 is 0 Å². The van der Waals surface area contributed by atoms with E-state index in [9.17, 15) is 0 Å². The second-order valence-corrected chi connectivity index (χ2v) is 3.73. The zero-order valence-electron chi connectivity index (χ0n) is 9.96. The summed E-state index contributed by atoms with van der Waals surface area (Å²) in [5.41, 5.74) is 3.35. The van der Waals surface area contributed by atoms with Crippen LogP contribution in [-0.2, 0) is 0 Å². The lowest BCUT2D eigenvalue weighted by atomic mass is 10.1. The van der Waals surface area contributed by atoms with Crippen molar-refractivity contribution >= 4 is 6.21 Å². The largest absolute Gasteiger partial charge is 0.260 e. The Morgan fingerprint density at radius 3 is 2.21 bits per heavy atom. The highest BCUT2D eigenvalue weighted by atomic mass is 14.7. The van der Waals surface area contributed by atoms with Crippen molar-refractivity contribution in [3.8, 4) is 0 Å². The lowest BCUT2D eigenvalue weighted by Gasteiger charge is -2.05. The summed E-state index contributed by atoms with van der Waals surface area (Å²) in [5.74, 6) is 0.479. The summed E-state index contributed by atoms with van der Waals surface area (Å²) in [6, 6.07) is 0. The molecule has 0 radical (unpaired) electrons. The first-order valence-corrected chi connectivity index (χ1v) is 5.03. The van der Waals surface area contributed by atoms with Crippen LogP contribution in [0.4, 0.5) is 0 Å². The van der Waals surface area contributed by atoms with Crippen LogP contribution < -0.4 is 0 Å². The third-order valence-electron chi connectivity index (χ3n) is 1.99. The van der Waals surface area contributed by atoms with Gasteiger partial charge in [-0.2, -0.15) is 0 Å². The van der Waals surface area contributed by atoms with Gasteiger partial charge in [0.25, 0.3) is 0 Å². The molecule has 14 heavy (non-hydrogen) atoms. The van der Waals surface area contributed by atoms with Crippen LogP contribution in [0, 0.1) is 5.92 Å². The Balaban J connectivity index is 5.04. The van der Waals surface area contributed by atoms with Gasteiger partial charge in [0.15, 0.2) is 0 Å². The maximum atomic E-state index is 4.48. The molecular formula is C13H21N. The molecule has 0 N–H and O–H groups in total. The molecule has 0 aromatic rings. The van der Waals surface area contributed by atoms with Gasteiger partial charge in [0.2, 0.25) is 0 Å². The predicted octanol–water partition coefficient (Wildman–Crippen LogP) is 4.14. The SMILES string of the molecule is C=C/C(C)=C(/N=C\C(C)C)C(\C)=C/C. The van der Waals surface area contributed by atoms with Crippen LogP contribution in [0.2, 0.25) is 0 Å². The van der Waals surface area contributed by atoms with E-state index in [2.05, 4.69) is 38.4 Å². The smallest absolute Gasteiger partial charge is 0.0680 e. The lowest BCUT2D eigenvalue weighted by Crippen LogP contribution is -1.92. The van der Waals surface area contributed by atoms with Crippen LogP contribution in [0.5, 0.6) is 0 Å². The number of hydrogen-bond acceptors (Lipinski definition) is 1. The minimum Gasteiger partial charge on any atom is -0.260 e. The number of allylic oxidation sites excluding steroid dienone is 4. The second kappa shape index (κ2) is 6.36. The molecule has 0 fully saturated rings. The van der Waals surface area contributed by atoms with E-state index in [1.54, 1.807) is 0 Å². The van der Waals surface area contributed by atoms with E-state index in [-0.39, 0.29) is 0 Å². The van der Waals surface area contributed by atoms with E-state index in [0.29, 0.717) is 5.92 Å². The maximum Gasteiger partial charge on any atom is 0.0680 e. The zero-order valence-corrected chi connectivity index (χ0v) is 9.96. The van der Waals surface area contributed by atoms with Crippen LogP contribution in [0.1, 0.15) is 34.6 Å². The lowest BCUT2D eigenvalue weighted by molar-refractivity contribution is 0.904. The normalized spacial score (nSPS) is 14.9. The Morgan fingerprint density at radius 1 is 1.29 bits per heavy atom. The molecule has 0 aromatic heterocycles. The highest BCUT2D eigenvalue weighted by molar-refractivity contribution is 5.63. The number of nitrogens with zero attached hydrogens (tertiary/aromatic N) is 1. The van der Waals surface area contributed by atoms with Gasteiger partial charge in [-0.3, -0.25) is 4.99 Å². The van der Waals surface area contributed by atoms with Crippen LogP contribution in [0.25, 0.3) is 0 Å². The molecule has 0 unspecified atom stereocenters. The Kier molecular flexibility index (Phi) is 5.86. The Bertz CT molecular complexity index is 278. The fraction of sp³-hybridized carbons (Fsp3) is 0.462. The standard InChI is InChI=1S/C13H21N/c1-7-11(5)13(12(6)8-2)14-9-10(3)4/h7-10H,1H2,2-6H3/b12-8-,13-11+,14-9-. The fourth-order valence-electron chi connectivity index (χ4n) is 0.972. The molecule has 0 saturated carbocycles. The van der Waals surface area contributed by atoms with Crippen LogP contribution in [0.15, 0.2) is 40.6 Å². The van der Waals surface area contributed by atoms with Gasteiger partial charge in [-0.25, -0.2) is 0 Å². The van der Waals surface area contributed by atoms with Gasteiger partial charge < -0.3 is 0 Å². The van der Waals surface area contributed by atoms with Gasteiger partial charge in [0.05, 0.1) is 5.70 Å². The fourth-order valence-corrected chi connectivity index (χ4v) is 0.972. The molecule has 0 saturated heterocycles. The molecule has 0 rings (SSSR count). The van der Waals surface area contributed by atoms with Crippen LogP contribution in [0.3, 0.4) is 0 Å². The van der Waals surface area contributed by atoms with Crippen molar-refractivity contribution < 1.29 is 0 Å². The van der Waals surface area contributed by atoms with Crippen molar-refractivity contribution in [2.45, 2.75) is 34.6 Å². The van der Waals surface area contributed by atoms with E-state index in [1.807, 2.05) is 26.1 Å². The average Bonchev–Trinajstić information content (AvgIpc) is 2.16. The minimum atomic E-state index is 0.479. The van der Waals surface area contributed by atoms with Crippen molar-refractivity contribution in [3.63, 3.8) is 0 Å². The summed E-state index contributed by atoms with van der Waals surface area (Å²) in [6.07, 6.45) is 5.88. The van der Waals surface area contributed by atoms with Crippen LogP contribution >= 0.6 is 0 Å². The maximum absolute atomic E-state index is 4.48.